The van der Waals surface area contributed by atoms with Crippen molar-refractivity contribution in [3.05, 3.63) is 11.6 Å². The van der Waals surface area contributed by atoms with Crippen LogP contribution in [0.25, 0.3) is 0 Å². The Bertz CT molecular complexity index is 577. The molecule has 3 nitrogen and oxygen atoms in total. The monoisotopic (exact) mass is 316 g/mol. The van der Waals surface area contributed by atoms with Gasteiger partial charge in [0.05, 0.1) is 6.61 Å². The van der Waals surface area contributed by atoms with Crippen LogP contribution in [0.4, 0.5) is 0 Å². The Labute approximate surface area is 138 Å². The highest BCUT2D eigenvalue weighted by Gasteiger charge is 2.60. The molecule has 0 N–H and O–H groups in total. The minimum atomic E-state index is -0.0683. The summed E-state index contributed by atoms with van der Waals surface area (Å²) >= 11 is 0. The van der Waals surface area contributed by atoms with Crippen LogP contribution in [-0.4, -0.2) is 25.3 Å². The summed E-state index contributed by atoms with van der Waals surface area (Å²) in [5.41, 5.74) is 1.35. The largest absolute Gasteiger partial charge is 0.384 e. The topological polar surface area (TPSA) is 43.4 Å². The lowest BCUT2D eigenvalue weighted by molar-refractivity contribution is -0.134. The quantitative estimate of drug-likeness (QED) is 0.780. The van der Waals surface area contributed by atoms with Gasteiger partial charge in [-0.25, -0.2) is 0 Å². The van der Waals surface area contributed by atoms with E-state index in [1.807, 2.05) is 6.08 Å². The SMILES string of the molecule is COCC12CCC(=O)C=C1CC[C@@H]1[C@@H]2CC[C@]2(C)C(=O)CC[C@@H]12. The molecule has 3 fully saturated rings. The van der Waals surface area contributed by atoms with Crippen molar-refractivity contribution in [3.8, 4) is 0 Å². The lowest BCUT2D eigenvalue weighted by Crippen LogP contribution is -2.53. The summed E-state index contributed by atoms with van der Waals surface area (Å²) in [4.78, 5) is 24.4. The van der Waals surface area contributed by atoms with Crippen molar-refractivity contribution in [2.75, 3.05) is 13.7 Å². The molecule has 126 valence electrons. The van der Waals surface area contributed by atoms with E-state index in [0.717, 1.165) is 51.6 Å². The molecule has 0 bridgehead atoms. The van der Waals surface area contributed by atoms with Crippen LogP contribution in [0.3, 0.4) is 0 Å². The number of hydrogen-bond donors (Lipinski definition) is 0. The zero-order valence-corrected chi connectivity index (χ0v) is 14.4. The zero-order valence-electron chi connectivity index (χ0n) is 14.4. The van der Waals surface area contributed by atoms with E-state index >= 15 is 0 Å². The first kappa shape index (κ1) is 15.6. The van der Waals surface area contributed by atoms with E-state index in [1.165, 1.54) is 5.57 Å². The van der Waals surface area contributed by atoms with Gasteiger partial charge in [0.2, 0.25) is 0 Å². The van der Waals surface area contributed by atoms with E-state index in [4.69, 9.17) is 4.74 Å². The maximum absolute atomic E-state index is 12.5. The molecule has 3 saturated carbocycles. The molecule has 0 radical (unpaired) electrons. The molecule has 0 saturated heterocycles. The van der Waals surface area contributed by atoms with Crippen molar-refractivity contribution in [3.63, 3.8) is 0 Å². The summed E-state index contributed by atoms with van der Waals surface area (Å²) in [5.74, 6) is 2.59. The zero-order chi connectivity index (χ0) is 16.2. The Hall–Kier alpha value is -0.960. The molecule has 4 aliphatic rings. The first-order valence-corrected chi connectivity index (χ1v) is 9.27. The number of methoxy groups -OCH3 is 1. The van der Waals surface area contributed by atoms with E-state index in [9.17, 15) is 9.59 Å². The number of rotatable bonds is 2. The summed E-state index contributed by atoms with van der Waals surface area (Å²) in [7, 11) is 1.79. The van der Waals surface area contributed by atoms with Crippen LogP contribution in [-0.2, 0) is 14.3 Å². The second kappa shape index (κ2) is 5.27. The summed E-state index contributed by atoms with van der Waals surface area (Å²) in [6, 6.07) is 0. The highest BCUT2D eigenvalue weighted by molar-refractivity contribution is 5.91. The third-order valence-electron chi connectivity index (χ3n) is 7.80. The highest BCUT2D eigenvalue weighted by Crippen LogP contribution is 2.64. The molecule has 0 aromatic carbocycles. The summed E-state index contributed by atoms with van der Waals surface area (Å²) < 4.78 is 5.66. The minimum absolute atomic E-state index is 0.0680. The van der Waals surface area contributed by atoms with Crippen molar-refractivity contribution in [1.29, 1.82) is 0 Å². The first-order valence-electron chi connectivity index (χ1n) is 9.27. The van der Waals surface area contributed by atoms with Crippen LogP contribution in [0.1, 0.15) is 58.3 Å². The van der Waals surface area contributed by atoms with E-state index in [-0.39, 0.29) is 10.8 Å². The molecular weight excluding hydrogens is 288 g/mol. The number of carbonyl (C=O) groups excluding carboxylic acids is 2. The summed E-state index contributed by atoms with van der Waals surface area (Å²) in [5, 5.41) is 0. The van der Waals surface area contributed by atoms with Crippen molar-refractivity contribution in [2.24, 2.45) is 28.6 Å². The van der Waals surface area contributed by atoms with Gasteiger partial charge in [0.1, 0.15) is 5.78 Å². The maximum atomic E-state index is 12.5. The normalized spacial score (nSPS) is 46.0. The van der Waals surface area contributed by atoms with Crippen molar-refractivity contribution >= 4 is 11.6 Å². The minimum Gasteiger partial charge on any atom is -0.384 e. The molecule has 0 aromatic heterocycles. The molecule has 23 heavy (non-hydrogen) atoms. The van der Waals surface area contributed by atoms with Crippen LogP contribution in [0.2, 0.25) is 0 Å². The molecule has 4 rings (SSSR count). The molecular formula is C20H28O3. The van der Waals surface area contributed by atoms with Gasteiger partial charge in [0.15, 0.2) is 5.78 Å². The van der Waals surface area contributed by atoms with Gasteiger partial charge in [0, 0.05) is 30.8 Å². The molecule has 0 aromatic rings. The van der Waals surface area contributed by atoms with Gasteiger partial charge in [-0.15, -0.1) is 0 Å². The van der Waals surface area contributed by atoms with E-state index in [1.54, 1.807) is 7.11 Å². The number of fused-ring (bicyclic) bond motifs is 5. The van der Waals surface area contributed by atoms with Gasteiger partial charge in [-0.1, -0.05) is 12.5 Å². The summed E-state index contributed by atoms with van der Waals surface area (Å²) in [6.07, 6.45) is 9.75. The second-order valence-corrected chi connectivity index (χ2v) is 8.56. The Balaban J connectivity index is 1.72. The average Bonchev–Trinajstić information content (AvgIpc) is 2.84. The number of ether oxygens (including phenoxy) is 1. The molecule has 0 amide bonds. The van der Waals surface area contributed by atoms with Crippen LogP contribution >= 0.6 is 0 Å². The molecule has 0 heterocycles. The van der Waals surface area contributed by atoms with Crippen LogP contribution < -0.4 is 0 Å². The Kier molecular flexibility index (Phi) is 3.57. The molecule has 3 heteroatoms. The lowest BCUT2D eigenvalue weighted by Gasteiger charge is -2.57. The van der Waals surface area contributed by atoms with Crippen molar-refractivity contribution < 1.29 is 14.3 Å². The fraction of sp³-hybridized carbons (Fsp3) is 0.800. The average molecular weight is 316 g/mol. The predicted octanol–water partition coefficient (Wildman–Crippen LogP) is 3.71. The lowest BCUT2D eigenvalue weighted by atomic mass is 9.47. The smallest absolute Gasteiger partial charge is 0.155 e. The third-order valence-corrected chi connectivity index (χ3v) is 7.80. The van der Waals surface area contributed by atoms with E-state index < -0.39 is 0 Å². The Morgan fingerprint density at radius 1 is 1.09 bits per heavy atom. The van der Waals surface area contributed by atoms with Crippen LogP contribution in [0, 0.1) is 28.6 Å². The molecule has 4 aliphatic carbocycles. The van der Waals surface area contributed by atoms with Gasteiger partial charge in [-0.05, 0) is 62.4 Å². The van der Waals surface area contributed by atoms with Gasteiger partial charge in [-0.2, -0.15) is 0 Å². The van der Waals surface area contributed by atoms with E-state index in [0.29, 0.717) is 35.7 Å². The van der Waals surface area contributed by atoms with Gasteiger partial charge >= 0.3 is 0 Å². The number of ketones is 2. The second-order valence-electron chi connectivity index (χ2n) is 8.56. The van der Waals surface area contributed by atoms with E-state index in [2.05, 4.69) is 6.92 Å². The fourth-order valence-electron chi connectivity index (χ4n) is 6.66. The molecule has 0 aliphatic heterocycles. The number of hydrogen-bond acceptors (Lipinski definition) is 3. The van der Waals surface area contributed by atoms with Crippen molar-refractivity contribution in [2.45, 2.75) is 58.3 Å². The number of carbonyl (C=O) groups is 2. The third kappa shape index (κ3) is 2.05. The molecule has 0 spiro atoms. The first-order chi connectivity index (χ1) is 11.0. The van der Waals surface area contributed by atoms with Crippen molar-refractivity contribution in [1.82, 2.24) is 0 Å². The fourth-order valence-corrected chi connectivity index (χ4v) is 6.66. The van der Waals surface area contributed by atoms with Gasteiger partial charge in [-0.3, -0.25) is 9.59 Å². The summed E-state index contributed by atoms with van der Waals surface area (Å²) in [6.45, 7) is 2.96. The molecule has 1 unspecified atom stereocenters. The maximum Gasteiger partial charge on any atom is 0.155 e. The highest BCUT2D eigenvalue weighted by atomic mass is 16.5. The Morgan fingerprint density at radius 2 is 1.91 bits per heavy atom. The standard InChI is InChI=1S/C20H28O3/c1-19-9-8-17-15(16(19)5-6-18(19)22)4-3-13-11-14(21)7-10-20(13,17)12-23-2/h11,15-17H,3-10,12H2,1-2H3/t15-,16-,17-,19-,20?/m0/s1. The van der Waals surface area contributed by atoms with Crippen LogP contribution in [0.5, 0.6) is 0 Å². The number of Topliss-reactive ketones (excluding diaryl/α,β-unsaturated/α-hetero) is 1. The van der Waals surface area contributed by atoms with Crippen LogP contribution in [0.15, 0.2) is 11.6 Å². The predicted molar refractivity (Wildman–Crippen MR) is 87.9 cm³/mol. The van der Waals surface area contributed by atoms with Gasteiger partial charge < -0.3 is 4.74 Å². The molecule has 5 atom stereocenters. The van der Waals surface area contributed by atoms with Gasteiger partial charge in [0.25, 0.3) is 0 Å². The Morgan fingerprint density at radius 3 is 2.70 bits per heavy atom.